The Morgan fingerprint density at radius 3 is 2.44 bits per heavy atom. The van der Waals surface area contributed by atoms with E-state index in [4.69, 9.17) is 16.3 Å². The van der Waals surface area contributed by atoms with E-state index < -0.39 is 0 Å². The van der Waals surface area contributed by atoms with Crippen molar-refractivity contribution < 1.29 is 9.53 Å². The monoisotopic (exact) mass is 446 g/mol. The first-order chi connectivity index (χ1) is 15.7. The minimum Gasteiger partial charge on any atom is -0.487 e. The first kappa shape index (κ1) is 20.4. The van der Waals surface area contributed by atoms with Gasteiger partial charge < -0.3 is 18.9 Å². The van der Waals surface area contributed by atoms with E-state index in [2.05, 4.69) is 9.88 Å². The van der Waals surface area contributed by atoms with Gasteiger partial charge in [-0.3, -0.25) is 4.79 Å². The molecule has 32 heavy (non-hydrogen) atoms. The summed E-state index contributed by atoms with van der Waals surface area (Å²) in [5.41, 5.74) is 3.43. The van der Waals surface area contributed by atoms with Gasteiger partial charge in [0.15, 0.2) is 0 Å². The summed E-state index contributed by atoms with van der Waals surface area (Å²) in [5, 5.41) is 0.742. The fourth-order valence-corrected chi connectivity index (χ4v) is 4.20. The minimum absolute atomic E-state index is 0.0377. The van der Waals surface area contributed by atoms with E-state index in [-0.39, 0.29) is 5.91 Å². The molecule has 0 aliphatic carbocycles. The molecule has 0 bridgehead atoms. The second-order valence-corrected chi connectivity index (χ2v) is 8.15. The normalized spacial score (nSPS) is 14.0. The summed E-state index contributed by atoms with van der Waals surface area (Å²) >= 11 is 6.31. The number of rotatable bonds is 5. The molecule has 5 rings (SSSR count). The minimum atomic E-state index is 0.0377. The number of fused-ring (bicyclic) bond motifs is 1. The summed E-state index contributed by atoms with van der Waals surface area (Å²) in [6.45, 7) is 3.22. The quantitative estimate of drug-likeness (QED) is 0.452. The molecule has 0 N–H and O–H groups in total. The maximum atomic E-state index is 12.9. The maximum Gasteiger partial charge on any atom is 0.253 e. The Morgan fingerprint density at radius 1 is 0.938 bits per heavy atom. The van der Waals surface area contributed by atoms with Crippen molar-refractivity contribution in [3.8, 4) is 5.75 Å². The molecule has 1 fully saturated rings. The number of ether oxygens (including phenoxy) is 1. The highest BCUT2D eigenvalue weighted by Crippen LogP contribution is 2.26. The lowest BCUT2D eigenvalue weighted by Crippen LogP contribution is -2.48. The number of amides is 1. The van der Waals surface area contributed by atoms with E-state index in [9.17, 15) is 4.79 Å². The predicted octanol–water partition coefficient (Wildman–Crippen LogP) is 4.53. The molecule has 1 aliphatic rings. The number of benzene rings is 2. The van der Waals surface area contributed by atoms with Crippen LogP contribution in [0.1, 0.15) is 16.1 Å². The van der Waals surface area contributed by atoms with Crippen LogP contribution in [-0.4, -0.2) is 46.4 Å². The maximum absolute atomic E-state index is 12.9. The van der Waals surface area contributed by atoms with Crippen LogP contribution in [-0.2, 0) is 6.61 Å². The van der Waals surface area contributed by atoms with E-state index in [1.807, 2.05) is 88.4 Å². The van der Waals surface area contributed by atoms with Crippen molar-refractivity contribution in [3.63, 3.8) is 0 Å². The molecule has 0 spiro atoms. The zero-order valence-electron chi connectivity index (χ0n) is 17.5. The molecule has 0 radical (unpaired) electrons. The summed E-state index contributed by atoms with van der Waals surface area (Å²) in [4.78, 5) is 21.6. The van der Waals surface area contributed by atoms with Crippen molar-refractivity contribution in [3.05, 3.63) is 95.4 Å². The third kappa shape index (κ3) is 4.27. The van der Waals surface area contributed by atoms with Crippen molar-refractivity contribution in [1.82, 2.24) is 14.3 Å². The number of halogens is 1. The molecule has 4 aromatic rings. The van der Waals surface area contributed by atoms with Crippen LogP contribution >= 0.6 is 11.6 Å². The highest BCUT2D eigenvalue weighted by molar-refractivity contribution is 6.33. The van der Waals surface area contributed by atoms with Gasteiger partial charge in [-0.2, -0.15) is 0 Å². The summed E-state index contributed by atoms with van der Waals surface area (Å²) in [6.07, 6.45) is 3.91. The third-order valence-electron chi connectivity index (χ3n) is 5.66. The lowest BCUT2D eigenvalue weighted by atomic mass is 10.1. The number of aromatic nitrogens is 2. The first-order valence-electron chi connectivity index (χ1n) is 10.6. The summed E-state index contributed by atoms with van der Waals surface area (Å²) in [6, 6.07) is 21.0. The topological polar surface area (TPSA) is 50.1 Å². The van der Waals surface area contributed by atoms with E-state index in [1.165, 1.54) is 0 Å². The number of carbonyl (C=O) groups excluding carboxylic acids is 1. The number of imidazole rings is 1. The van der Waals surface area contributed by atoms with E-state index in [0.29, 0.717) is 31.0 Å². The SMILES string of the molecule is O=C(c1ccc(OCc2cn3ccccc3n2)cc1)N1CCN(c2ccccc2Cl)CC1. The highest BCUT2D eigenvalue weighted by Gasteiger charge is 2.23. The standard InChI is InChI=1S/C25H23ClN4O2/c26-22-5-1-2-6-23(22)28-13-15-29(16-14-28)25(31)19-8-10-21(11-9-19)32-18-20-17-30-12-4-3-7-24(30)27-20/h1-12,17H,13-16,18H2. The summed E-state index contributed by atoms with van der Waals surface area (Å²) in [5.74, 6) is 0.748. The second kappa shape index (κ2) is 8.93. The van der Waals surface area contributed by atoms with Crippen molar-refractivity contribution in [1.29, 1.82) is 0 Å². The molecule has 162 valence electrons. The average Bonchev–Trinajstić information content (AvgIpc) is 3.26. The van der Waals surface area contributed by atoms with Gasteiger partial charge in [0.05, 0.1) is 16.4 Å². The van der Waals surface area contributed by atoms with Gasteiger partial charge in [-0.05, 0) is 48.5 Å². The average molecular weight is 447 g/mol. The number of piperazine rings is 1. The number of para-hydroxylation sites is 1. The van der Waals surface area contributed by atoms with Crippen molar-refractivity contribution in [2.75, 3.05) is 31.1 Å². The Morgan fingerprint density at radius 2 is 1.69 bits per heavy atom. The van der Waals surface area contributed by atoms with Gasteiger partial charge in [-0.25, -0.2) is 4.98 Å². The fraction of sp³-hybridized carbons (Fsp3) is 0.200. The number of hydrogen-bond acceptors (Lipinski definition) is 4. The van der Waals surface area contributed by atoms with Crippen LogP contribution in [0, 0.1) is 0 Å². The van der Waals surface area contributed by atoms with Crippen LogP contribution in [0.25, 0.3) is 5.65 Å². The molecular formula is C25H23ClN4O2. The van der Waals surface area contributed by atoms with Crippen molar-refractivity contribution in [2.24, 2.45) is 0 Å². The van der Waals surface area contributed by atoms with Gasteiger partial charge in [-0.1, -0.05) is 29.8 Å². The second-order valence-electron chi connectivity index (χ2n) is 7.74. The first-order valence-corrected chi connectivity index (χ1v) is 11.0. The summed E-state index contributed by atoms with van der Waals surface area (Å²) in [7, 11) is 0. The summed E-state index contributed by atoms with van der Waals surface area (Å²) < 4.78 is 7.82. The number of pyridine rings is 1. The molecule has 6 nitrogen and oxygen atoms in total. The fourth-order valence-electron chi connectivity index (χ4n) is 3.95. The van der Waals surface area contributed by atoms with E-state index >= 15 is 0 Å². The number of hydrogen-bond donors (Lipinski definition) is 0. The van der Waals surface area contributed by atoms with Crippen LogP contribution in [0.4, 0.5) is 5.69 Å². The van der Waals surface area contributed by atoms with Gasteiger partial charge >= 0.3 is 0 Å². The Kier molecular flexibility index (Phi) is 5.69. The number of nitrogens with zero attached hydrogens (tertiary/aromatic N) is 4. The molecule has 2 aromatic carbocycles. The van der Waals surface area contributed by atoms with Crippen LogP contribution in [0.15, 0.2) is 79.1 Å². The van der Waals surface area contributed by atoms with Crippen LogP contribution in [0.3, 0.4) is 0 Å². The van der Waals surface area contributed by atoms with Gasteiger partial charge in [0.1, 0.15) is 18.0 Å². The Labute approximate surface area is 191 Å². The lowest BCUT2D eigenvalue weighted by Gasteiger charge is -2.36. The van der Waals surface area contributed by atoms with Gasteiger partial charge in [-0.15, -0.1) is 0 Å². The molecule has 1 aliphatic heterocycles. The molecule has 0 unspecified atom stereocenters. The molecule has 1 amide bonds. The van der Waals surface area contributed by atoms with Crippen LogP contribution in [0.5, 0.6) is 5.75 Å². The van der Waals surface area contributed by atoms with Crippen LogP contribution in [0.2, 0.25) is 5.02 Å². The smallest absolute Gasteiger partial charge is 0.253 e. The number of carbonyl (C=O) groups is 1. The predicted molar refractivity (Wildman–Crippen MR) is 126 cm³/mol. The van der Waals surface area contributed by atoms with Crippen molar-refractivity contribution in [2.45, 2.75) is 6.61 Å². The number of anilines is 1. The molecule has 1 saturated heterocycles. The highest BCUT2D eigenvalue weighted by atomic mass is 35.5. The van der Waals surface area contributed by atoms with Gasteiger partial charge in [0.25, 0.3) is 5.91 Å². The lowest BCUT2D eigenvalue weighted by molar-refractivity contribution is 0.0746. The third-order valence-corrected chi connectivity index (χ3v) is 5.98. The molecule has 0 saturated carbocycles. The van der Waals surface area contributed by atoms with E-state index in [0.717, 1.165) is 35.1 Å². The van der Waals surface area contributed by atoms with Gasteiger partial charge in [0.2, 0.25) is 0 Å². The molecule has 0 atom stereocenters. The largest absolute Gasteiger partial charge is 0.487 e. The Balaban J connectivity index is 1.17. The van der Waals surface area contributed by atoms with E-state index in [1.54, 1.807) is 0 Å². The Hall–Kier alpha value is -3.51. The zero-order chi connectivity index (χ0) is 21.9. The molecule has 3 heterocycles. The zero-order valence-corrected chi connectivity index (χ0v) is 18.3. The van der Waals surface area contributed by atoms with Crippen LogP contribution < -0.4 is 9.64 Å². The van der Waals surface area contributed by atoms with Gasteiger partial charge in [0, 0.05) is 44.1 Å². The molecule has 2 aromatic heterocycles. The molecule has 7 heteroatoms. The molecular weight excluding hydrogens is 424 g/mol. The van der Waals surface area contributed by atoms with Crippen molar-refractivity contribution >= 4 is 28.8 Å². The Bertz CT molecular complexity index is 1200.